The fraction of sp³-hybridized carbons (Fsp3) is 0.318. The Kier molecular flexibility index (Phi) is 6.35. The summed E-state index contributed by atoms with van der Waals surface area (Å²) in [5.41, 5.74) is 1.33. The van der Waals surface area contributed by atoms with Crippen LogP contribution in [0, 0.1) is 17.2 Å². The van der Waals surface area contributed by atoms with Crippen LogP contribution in [-0.2, 0) is 4.79 Å². The SMILES string of the molecule is COc1cccc(OC)c1C(=O)N1CCC(C(=O)Nc2ccccc2C#N)CC1. The number of carbonyl (C=O) groups excluding carboxylic acids is 2. The van der Waals surface area contributed by atoms with Gasteiger partial charge in [0, 0.05) is 19.0 Å². The van der Waals surface area contributed by atoms with Gasteiger partial charge in [-0.1, -0.05) is 18.2 Å². The molecule has 0 radical (unpaired) electrons. The van der Waals surface area contributed by atoms with Crippen LogP contribution in [0.2, 0.25) is 0 Å². The van der Waals surface area contributed by atoms with Gasteiger partial charge in [-0.2, -0.15) is 5.26 Å². The van der Waals surface area contributed by atoms with E-state index >= 15 is 0 Å². The largest absolute Gasteiger partial charge is 0.496 e. The van der Waals surface area contributed by atoms with E-state index in [1.54, 1.807) is 47.4 Å². The Morgan fingerprint density at radius 1 is 1.03 bits per heavy atom. The van der Waals surface area contributed by atoms with Gasteiger partial charge >= 0.3 is 0 Å². The Bertz CT molecular complexity index is 921. The zero-order valence-electron chi connectivity index (χ0n) is 16.5. The summed E-state index contributed by atoms with van der Waals surface area (Å²) in [6.07, 6.45) is 1.09. The molecule has 0 spiro atoms. The van der Waals surface area contributed by atoms with Crippen molar-refractivity contribution in [2.45, 2.75) is 12.8 Å². The summed E-state index contributed by atoms with van der Waals surface area (Å²) < 4.78 is 10.7. The number of amides is 2. The first-order valence-electron chi connectivity index (χ1n) is 9.39. The van der Waals surface area contributed by atoms with Crippen molar-refractivity contribution in [2.75, 3.05) is 32.6 Å². The van der Waals surface area contributed by atoms with Crippen LogP contribution in [0.4, 0.5) is 5.69 Å². The van der Waals surface area contributed by atoms with Crippen LogP contribution in [0.1, 0.15) is 28.8 Å². The number of piperidine rings is 1. The van der Waals surface area contributed by atoms with E-state index in [-0.39, 0.29) is 17.7 Å². The van der Waals surface area contributed by atoms with E-state index in [2.05, 4.69) is 11.4 Å². The molecule has 2 aromatic rings. The van der Waals surface area contributed by atoms with E-state index in [1.807, 2.05) is 0 Å². The van der Waals surface area contributed by atoms with Crippen molar-refractivity contribution in [2.24, 2.45) is 5.92 Å². The maximum atomic E-state index is 13.0. The molecule has 1 saturated heterocycles. The predicted molar refractivity (Wildman–Crippen MR) is 108 cm³/mol. The highest BCUT2D eigenvalue weighted by Gasteiger charge is 2.30. The molecule has 1 heterocycles. The third kappa shape index (κ3) is 4.32. The molecule has 7 heteroatoms. The summed E-state index contributed by atoms with van der Waals surface area (Å²) in [5, 5.41) is 12.0. The second kappa shape index (κ2) is 9.11. The molecule has 1 fully saturated rings. The van der Waals surface area contributed by atoms with Crippen LogP contribution in [0.3, 0.4) is 0 Å². The first kappa shape index (κ1) is 20.2. The van der Waals surface area contributed by atoms with Crippen molar-refractivity contribution in [1.29, 1.82) is 5.26 Å². The van der Waals surface area contributed by atoms with Crippen LogP contribution >= 0.6 is 0 Å². The zero-order chi connectivity index (χ0) is 20.8. The summed E-state index contributed by atoms with van der Waals surface area (Å²) >= 11 is 0. The number of benzene rings is 2. The highest BCUT2D eigenvalue weighted by Crippen LogP contribution is 2.31. The van der Waals surface area contributed by atoms with Crippen molar-refractivity contribution in [3.8, 4) is 17.6 Å². The first-order valence-corrected chi connectivity index (χ1v) is 9.39. The molecule has 0 unspecified atom stereocenters. The molecule has 2 aromatic carbocycles. The predicted octanol–water partition coefficient (Wildman–Crippen LogP) is 3.07. The number of methoxy groups -OCH3 is 2. The number of likely N-dealkylation sites (tertiary alicyclic amines) is 1. The lowest BCUT2D eigenvalue weighted by atomic mass is 9.95. The minimum absolute atomic E-state index is 0.130. The average Bonchev–Trinajstić information content (AvgIpc) is 2.78. The van der Waals surface area contributed by atoms with Crippen molar-refractivity contribution in [3.63, 3.8) is 0 Å². The Morgan fingerprint density at radius 2 is 1.66 bits per heavy atom. The van der Waals surface area contributed by atoms with E-state index in [0.717, 1.165) is 0 Å². The summed E-state index contributed by atoms with van der Waals surface area (Å²) in [6.45, 7) is 0.913. The second-order valence-electron chi connectivity index (χ2n) is 6.75. The summed E-state index contributed by atoms with van der Waals surface area (Å²) in [5.74, 6) is 0.401. The van der Waals surface area contributed by atoms with Crippen molar-refractivity contribution in [1.82, 2.24) is 4.90 Å². The molecule has 150 valence electrons. The molecule has 3 rings (SSSR count). The van der Waals surface area contributed by atoms with Crippen molar-refractivity contribution < 1.29 is 19.1 Å². The lowest BCUT2D eigenvalue weighted by molar-refractivity contribution is -0.121. The van der Waals surface area contributed by atoms with Crippen molar-refractivity contribution in [3.05, 3.63) is 53.6 Å². The van der Waals surface area contributed by atoms with Gasteiger partial charge in [-0.3, -0.25) is 9.59 Å². The molecule has 2 amide bonds. The molecular formula is C22H23N3O4. The van der Waals surface area contributed by atoms with E-state index in [4.69, 9.17) is 14.7 Å². The van der Waals surface area contributed by atoms with Crippen LogP contribution in [0.25, 0.3) is 0 Å². The molecule has 7 nitrogen and oxygen atoms in total. The van der Waals surface area contributed by atoms with E-state index in [0.29, 0.717) is 54.2 Å². The standard InChI is InChI=1S/C22H23N3O4/c1-28-18-8-5-9-19(29-2)20(18)22(27)25-12-10-15(11-13-25)21(26)24-17-7-4-3-6-16(17)14-23/h3-9,15H,10-13H2,1-2H3,(H,24,26). The van der Waals surface area contributed by atoms with Gasteiger partial charge in [-0.15, -0.1) is 0 Å². The summed E-state index contributed by atoms with van der Waals surface area (Å²) in [4.78, 5) is 27.4. The third-order valence-corrected chi connectivity index (χ3v) is 5.10. The maximum absolute atomic E-state index is 13.0. The lowest BCUT2D eigenvalue weighted by Crippen LogP contribution is -2.41. The fourth-order valence-corrected chi connectivity index (χ4v) is 3.49. The summed E-state index contributed by atoms with van der Waals surface area (Å²) in [7, 11) is 3.03. The zero-order valence-corrected chi connectivity index (χ0v) is 16.5. The van der Waals surface area contributed by atoms with Gasteiger partial charge in [0.2, 0.25) is 5.91 Å². The Labute approximate surface area is 169 Å². The van der Waals surface area contributed by atoms with Crippen molar-refractivity contribution >= 4 is 17.5 Å². The molecular weight excluding hydrogens is 370 g/mol. The van der Waals surface area contributed by atoms with Gasteiger partial charge in [0.15, 0.2) is 0 Å². The number of hydrogen-bond acceptors (Lipinski definition) is 5. The Hall–Kier alpha value is -3.53. The first-order chi connectivity index (χ1) is 14.1. The maximum Gasteiger partial charge on any atom is 0.261 e. The quantitative estimate of drug-likeness (QED) is 0.843. The topological polar surface area (TPSA) is 91.7 Å². The average molecular weight is 393 g/mol. The van der Waals surface area contributed by atoms with Gasteiger partial charge in [0.25, 0.3) is 5.91 Å². The highest BCUT2D eigenvalue weighted by atomic mass is 16.5. The molecule has 0 saturated carbocycles. The highest BCUT2D eigenvalue weighted by molar-refractivity contribution is 6.00. The number of rotatable bonds is 5. The fourth-order valence-electron chi connectivity index (χ4n) is 3.49. The summed E-state index contributed by atoms with van der Waals surface area (Å²) in [6, 6.07) is 14.2. The third-order valence-electron chi connectivity index (χ3n) is 5.10. The molecule has 1 aliphatic rings. The normalized spacial score (nSPS) is 14.0. The van der Waals surface area contributed by atoms with Gasteiger partial charge in [-0.25, -0.2) is 0 Å². The van der Waals surface area contributed by atoms with Gasteiger partial charge < -0.3 is 19.7 Å². The minimum Gasteiger partial charge on any atom is -0.496 e. The van der Waals surface area contributed by atoms with E-state index in [9.17, 15) is 9.59 Å². The van der Waals surface area contributed by atoms with Gasteiger partial charge in [0.05, 0.1) is 25.5 Å². The van der Waals surface area contributed by atoms with Gasteiger partial charge in [0.1, 0.15) is 23.1 Å². The number of nitrogens with one attached hydrogen (secondary N) is 1. The van der Waals surface area contributed by atoms with Crippen LogP contribution in [0.15, 0.2) is 42.5 Å². The number of nitriles is 1. The van der Waals surface area contributed by atoms with Gasteiger partial charge in [-0.05, 0) is 37.1 Å². The number of ether oxygens (including phenoxy) is 2. The molecule has 0 aliphatic carbocycles. The number of nitrogens with zero attached hydrogens (tertiary/aromatic N) is 2. The molecule has 1 N–H and O–H groups in total. The number of para-hydroxylation sites is 1. The number of hydrogen-bond donors (Lipinski definition) is 1. The Morgan fingerprint density at radius 3 is 2.24 bits per heavy atom. The molecule has 0 atom stereocenters. The lowest BCUT2D eigenvalue weighted by Gasteiger charge is -2.32. The molecule has 0 aromatic heterocycles. The smallest absolute Gasteiger partial charge is 0.261 e. The van der Waals surface area contributed by atoms with Crippen LogP contribution in [-0.4, -0.2) is 44.0 Å². The number of anilines is 1. The van der Waals surface area contributed by atoms with Crippen LogP contribution < -0.4 is 14.8 Å². The van der Waals surface area contributed by atoms with Crippen LogP contribution in [0.5, 0.6) is 11.5 Å². The minimum atomic E-state index is -0.217. The molecule has 0 bridgehead atoms. The molecule has 1 aliphatic heterocycles. The monoisotopic (exact) mass is 393 g/mol. The number of carbonyl (C=O) groups is 2. The Balaban J connectivity index is 1.66. The molecule has 29 heavy (non-hydrogen) atoms. The van der Waals surface area contributed by atoms with E-state index < -0.39 is 0 Å². The van der Waals surface area contributed by atoms with E-state index in [1.165, 1.54) is 14.2 Å². The second-order valence-corrected chi connectivity index (χ2v) is 6.75.